The fraction of sp³-hybridized carbons (Fsp3) is 0.643. The maximum Gasteiger partial charge on any atom is 0.275 e. The highest BCUT2D eigenvalue weighted by atomic mass is 32.1. The minimum Gasteiger partial charge on any atom is -0.381 e. The molecule has 1 saturated carbocycles. The van der Waals surface area contributed by atoms with Gasteiger partial charge in [-0.3, -0.25) is 10.2 Å². The average molecular weight is 298 g/mol. The molecule has 0 saturated heterocycles. The molecule has 1 aliphatic rings. The van der Waals surface area contributed by atoms with Crippen LogP contribution in [0.25, 0.3) is 0 Å². The fourth-order valence-electron chi connectivity index (χ4n) is 2.52. The minimum absolute atomic E-state index is 0.249. The van der Waals surface area contributed by atoms with Gasteiger partial charge in [-0.15, -0.1) is 11.3 Å². The van der Waals surface area contributed by atoms with Crippen molar-refractivity contribution in [1.29, 1.82) is 0 Å². The van der Waals surface area contributed by atoms with Crippen LogP contribution in [0.1, 0.15) is 45.8 Å². The zero-order valence-electron chi connectivity index (χ0n) is 12.0. The molecule has 2 unspecified atom stereocenters. The van der Waals surface area contributed by atoms with Crippen LogP contribution in [0.4, 0.5) is 0 Å². The van der Waals surface area contributed by atoms with Gasteiger partial charge in [0.1, 0.15) is 0 Å². The lowest BCUT2D eigenvalue weighted by molar-refractivity contribution is -0.0363. The smallest absolute Gasteiger partial charge is 0.275 e. The number of aryl methyl sites for hydroxylation is 1. The summed E-state index contributed by atoms with van der Waals surface area (Å²) in [6.45, 7) is 2.54. The number of methoxy groups -OCH3 is 1. The third-order valence-electron chi connectivity index (χ3n) is 3.76. The monoisotopic (exact) mass is 298 g/mol. The summed E-state index contributed by atoms with van der Waals surface area (Å²) in [7, 11) is 1.76. The van der Waals surface area contributed by atoms with Crippen molar-refractivity contribution in [1.82, 2.24) is 5.43 Å². The molecule has 0 aromatic carbocycles. The number of nitrogens with two attached hydrogens (primary N) is 1. The predicted molar refractivity (Wildman–Crippen MR) is 78.6 cm³/mol. The van der Waals surface area contributed by atoms with Crippen molar-refractivity contribution in [3.8, 4) is 0 Å². The standard InChI is InChI=1S/C14H22N2O3S/c1-9-10(6-13(20-9)14(17)16-15)8-19-12-5-3-4-11(7-12)18-2/h6,11-12H,3-5,7-8,15H2,1-2H3,(H,16,17). The lowest BCUT2D eigenvalue weighted by atomic mass is 9.95. The Morgan fingerprint density at radius 2 is 2.25 bits per heavy atom. The van der Waals surface area contributed by atoms with Crippen LogP contribution in [-0.2, 0) is 16.1 Å². The molecule has 1 heterocycles. The van der Waals surface area contributed by atoms with Crippen LogP contribution in [0.15, 0.2) is 6.07 Å². The van der Waals surface area contributed by atoms with Crippen LogP contribution in [0.3, 0.4) is 0 Å². The molecule has 0 radical (unpaired) electrons. The number of nitrogens with one attached hydrogen (secondary N) is 1. The molecule has 0 bridgehead atoms. The van der Waals surface area contributed by atoms with Crippen molar-refractivity contribution in [3.63, 3.8) is 0 Å². The van der Waals surface area contributed by atoms with Gasteiger partial charge in [0.25, 0.3) is 5.91 Å². The first-order valence-electron chi connectivity index (χ1n) is 6.88. The first kappa shape index (κ1) is 15.4. The number of hydrogen-bond acceptors (Lipinski definition) is 5. The second kappa shape index (κ2) is 7.17. The van der Waals surface area contributed by atoms with Gasteiger partial charge in [0.05, 0.1) is 23.7 Å². The molecule has 1 aliphatic carbocycles. The number of carbonyl (C=O) groups excluding carboxylic acids is 1. The maximum atomic E-state index is 11.5. The SMILES string of the molecule is COC1CCCC(OCc2cc(C(=O)NN)sc2C)C1. The molecule has 1 aromatic rings. The van der Waals surface area contributed by atoms with Gasteiger partial charge in [-0.25, -0.2) is 5.84 Å². The Kier molecular flexibility index (Phi) is 5.54. The van der Waals surface area contributed by atoms with Gasteiger partial charge in [0, 0.05) is 12.0 Å². The molecule has 112 valence electrons. The van der Waals surface area contributed by atoms with Crippen molar-refractivity contribution in [2.45, 2.75) is 51.4 Å². The number of nitrogen functional groups attached to an aromatic ring is 1. The van der Waals surface area contributed by atoms with Crippen LogP contribution in [0.5, 0.6) is 0 Å². The molecule has 0 spiro atoms. The summed E-state index contributed by atoms with van der Waals surface area (Å²) in [5.74, 6) is 4.90. The maximum absolute atomic E-state index is 11.5. The summed E-state index contributed by atoms with van der Waals surface area (Å²) in [6, 6.07) is 1.86. The molecule has 2 atom stereocenters. The van der Waals surface area contributed by atoms with Crippen LogP contribution in [0, 0.1) is 6.92 Å². The number of ether oxygens (including phenoxy) is 2. The highest BCUT2D eigenvalue weighted by Crippen LogP contribution is 2.26. The number of hydrazine groups is 1. The van der Waals surface area contributed by atoms with Gasteiger partial charge >= 0.3 is 0 Å². The Hall–Kier alpha value is -0.950. The predicted octanol–water partition coefficient (Wildman–Crippen LogP) is 2.13. The summed E-state index contributed by atoms with van der Waals surface area (Å²) < 4.78 is 11.4. The molecule has 3 N–H and O–H groups in total. The lowest BCUT2D eigenvalue weighted by Gasteiger charge is -2.28. The lowest BCUT2D eigenvalue weighted by Crippen LogP contribution is -2.29. The van der Waals surface area contributed by atoms with E-state index in [-0.39, 0.29) is 12.0 Å². The van der Waals surface area contributed by atoms with Crippen molar-refractivity contribution in [2.24, 2.45) is 5.84 Å². The molecule has 5 nitrogen and oxygen atoms in total. The van der Waals surface area contributed by atoms with Crippen molar-refractivity contribution >= 4 is 17.2 Å². The molecule has 6 heteroatoms. The molecule has 1 fully saturated rings. The summed E-state index contributed by atoms with van der Waals surface area (Å²) in [5.41, 5.74) is 3.22. The topological polar surface area (TPSA) is 73.6 Å². The quantitative estimate of drug-likeness (QED) is 0.496. The van der Waals surface area contributed by atoms with E-state index in [2.05, 4.69) is 5.43 Å². The van der Waals surface area contributed by atoms with Crippen LogP contribution < -0.4 is 11.3 Å². The summed E-state index contributed by atoms with van der Waals surface area (Å²) >= 11 is 1.44. The van der Waals surface area contributed by atoms with Crippen molar-refractivity contribution in [3.05, 3.63) is 21.4 Å². The van der Waals surface area contributed by atoms with Gasteiger partial charge < -0.3 is 9.47 Å². The van der Waals surface area contributed by atoms with E-state index in [1.54, 1.807) is 7.11 Å². The fourth-order valence-corrected chi connectivity index (χ4v) is 3.45. The Balaban J connectivity index is 1.90. The van der Waals surface area contributed by atoms with Gasteiger partial charge in [-0.05, 0) is 44.2 Å². The highest BCUT2D eigenvalue weighted by Gasteiger charge is 2.22. The van der Waals surface area contributed by atoms with Crippen LogP contribution in [0.2, 0.25) is 0 Å². The van der Waals surface area contributed by atoms with E-state index in [4.69, 9.17) is 15.3 Å². The Labute approximate surface area is 123 Å². The second-order valence-electron chi connectivity index (χ2n) is 5.12. The minimum atomic E-state index is -0.249. The second-order valence-corrected chi connectivity index (χ2v) is 6.38. The summed E-state index contributed by atoms with van der Waals surface area (Å²) in [5, 5.41) is 0. The number of carbonyl (C=O) groups is 1. The van der Waals surface area contributed by atoms with E-state index in [1.807, 2.05) is 13.0 Å². The first-order valence-corrected chi connectivity index (χ1v) is 7.70. The number of amides is 1. The normalized spacial score (nSPS) is 22.8. The van der Waals surface area contributed by atoms with E-state index >= 15 is 0 Å². The highest BCUT2D eigenvalue weighted by molar-refractivity contribution is 7.14. The molecule has 1 aromatic heterocycles. The largest absolute Gasteiger partial charge is 0.381 e. The molecule has 2 rings (SSSR count). The molecule has 20 heavy (non-hydrogen) atoms. The average Bonchev–Trinajstić information content (AvgIpc) is 2.85. The number of thiophene rings is 1. The third kappa shape index (κ3) is 3.79. The van der Waals surface area contributed by atoms with E-state index < -0.39 is 0 Å². The van der Waals surface area contributed by atoms with Crippen molar-refractivity contribution < 1.29 is 14.3 Å². The van der Waals surface area contributed by atoms with E-state index in [9.17, 15) is 4.79 Å². The van der Waals surface area contributed by atoms with Gasteiger partial charge in [0.15, 0.2) is 0 Å². The number of hydrogen-bond donors (Lipinski definition) is 2. The van der Waals surface area contributed by atoms with Gasteiger partial charge in [-0.1, -0.05) is 0 Å². The zero-order chi connectivity index (χ0) is 14.5. The molecular formula is C14H22N2O3S. The van der Waals surface area contributed by atoms with Gasteiger partial charge in [-0.2, -0.15) is 0 Å². The Bertz CT molecular complexity index is 461. The summed E-state index contributed by atoms with van der Waals surface area (Å²) in [4.78, 5) is 13.2. The zero-order valence-corrected chi connectivity index (χ0v) is 12.8. The molecule has 1 amide bonds. The third-order valence-corrected chi connectivity index (χ3v) is 4.85. The molecular weight excluding hydrogens is 276 g/mol. The van der Waals surface area contributed by atoms with Crippen LogP contribution >= 0.6 is 11.3 Å². The van der Waals surface area contributed by atoms with E-state index in [0.29, 0.717) is 17.6 Å². The Morgan fingerprint density at radius 1 is 1.50 bits per heavy atom. The number of rotatable bonds is 5. The van der Waals surface area contributed by atoms with E-state index in [0.717, 1.165) is 36.1 Å². The van der Waals surface area contributed by atoms with Crippen molar-refractivity contribution in [2.75, 3.05) is 7.11 Å². The molecule has 0 aliphatic heterocycles. The summed E-state index contributed by atoms with van der Waals surface area (Å²) in [6.07, 6.45) is 4.87. The first-order chi connectivity index (χ1) is 9.63. The van der Waals surface area contributed by atoms with E-state index in [1.165, 1.54) is 11.3 Å². The Morgan fingerprint density at radius 3 is 2.95 bits per heavy atom. The van der Waals surface area contributed by atoms with Gasteiger partial charge in [0.2, 0.25) is 0 Å². The van der Waals surface area contributed by atoms with Crippen LogP contribution in [-0.4, -0.2) is 25.2 Å².